The maximum Gasteiger partial charge on any atom is 0.214 e. The molecule has 0 amide bonds. The van der Waals surface area contributed by atoms with Gasteiger partial charge in [0.1, 0.15) is 5.76 Å². The van der Waals surface area contributed by atoms with Crippen LogP contribution in [0.2, 0.25) is 0 Å². The van der Waals surface area contributed by atoms with Gasteiger partial charge in [0.25, 0.3) is 0 Å². The third kappa shape index (κ3) is 3.24. The van der Waals surface area contributed by atoms with Crippen molar-refractivity contribution in [2.75, 3.05) is 0 Å². The van der Waals surface area contributed by atoms with Crippen LogP contribution < -0.4 is 0 Å². The monoisotopic (exact) mass is 229 g/mol. The molecule has 0 aliphatic rings. The number of nitrogens with zero attached hydrogens (tertiary/aromatic N) is 3. The minimum absolute atomic E-state index is 0.107. The zero-order chi connectivity index (χ0) is 12.8. The molecule has 0 spiro atoms. The number of hydrogen-bond donors (Lipinski definition) is 1. The van der Waals surface area contributed by atoms with Crippen molar-refractivity contribution >= 4 is 17.2 Å². The van der Waals surface area contributed by atoms with Crippen LogP contribution >= 0.6 is 0 Å². The number of ketones is 1. The van der Waals surface area contributed by atoms with E-state index in [2.05, 4.69) is 15.1 Å². The second kappa shape index (κ2) is 5.56. The van der Waals surface area contributed by atoms with Crippen LogP contribution in [0.25, 0.3) is 4.85 Å². The Balaban J connectivity index is 3.11. The predicted molar refractivity (Wildman–Crippen MR) is 63.2 cm³/mol. The molecule has 5 heteroatoms. The number of hydrogen-bond acceptors (Lipinski definition) is 4. The molecule has 1 rings (SSSR count). The minimum atomic E-state index is -0.381. The quantitative estimate of drug-likeness (QED) is 0.371. The molecule has 0 saturated heterocycles. The standard InChI is InChI=1S/C12H11N3O2/c1-8(16)12(9(2)17)15-14-11-7-5-4-6-10(11)13-3/h4-7,16H,1-2H3/b12-8+,15-14?. The molecule has 0 saturated carbocycles. The van der Waals surface area contributed by atoms with Gasteiger partial charge in [-0.1, -0.05) is 18.2 Å². The van der Waals surface area contributed by atoms with Gasteiger partial charge in [-0.3, -0.25) is 4.79 Å². The molecule has 0 heterocycles. The van der Waals surface area contributed by atoms with Crippen LogP contribution in [0.15, 0.2) is 46.0 Å². The highest BCUT2D eigenvalue weighted by atomic mass is 16.3. The Morgan fingerprint density at radius 1 is 1.35 bits per heavy atom. The summed E-state index contributed by atoms with van der Waals surface area (Å²) >= 11 is 0. The first-order valence-electron chi connectivity index (χ1n) is 4.85. The molecular weight excluding hydrogens is 218 g/mol. The number of para-hydroxylation sites is 1. The number of allylic oxidation sites excluding steroid dienone is 2. The Labute approximate surface area is 98.9 Å². The van der Waals surface area contributed by atoms with Crippen molar-refractivity contribution in [2.24, 2.45) is 10.2 Å². The lowest BCUT2D eigenvalue weighted by Crippen LogP contribution is -1.96. The maximum atomic E-state index is 11.1. The molecule has 1 N–H and O–H groups in total. The van der Waals surface area contributed by atoms with Gasteiger partial charge in [-0.15, -0.1) is 5.11 Å². The van der Waals surface area contributed by atoms with Gasteiger partial charge in [-0.25, -0.2) is 4.85 Å². The lowest BCUT2D eigenvalue weighted by atomic mass is 10.3. The number of carbonyl (C=O) groups excluding carboxylic acids is 1. The number of benzene rings is 1. The highest BCUT2D eigenvalue weighted by Crippen LogP contribution is 2.28. The molecule has 0 aromatic heterocycles. The maximum absolute atomic E-state index is 11.1. The Kier molecular flexibility index (Phi) is 4.12. The first-order valence-corrected chi connectivity index (χ1v) is 4.85. The van der Waals surface area contributed by atoms with E-state index in [1.165, 1.54) is 13.8 Å². The molecule has 0 aliphatic carbocycles. The van der Waals surface area contributed by atoms with Crippen molar-refractivity contribution < 1.29 is 9.90 Å². The molecule has 0 radical (unpaired) electrons. The van der Waals surface area contributed by atoms with Gasteiger partial charge in [0, 0.05) is 6.92 Å². The SMILES string of the molecule is [C-]#[N+]c1ccccc1N=N/C(C(C)=O)=C(\C)O. The predicted octanol–water partition coefficient (Wildman–Crippen LogP) is 3.70. The number of Topliss-reactive ketones (excluding diaryl/α,β-unsaturated/α-hetero) is 1. The van der Waals surface area contributed by atoms with Gasteiger partial charge < -0.3 is 5.11 Å². The topological polar surface area (TPSA) is 66.4 Å². The summed E-state index contributed by atoms with van der Waals surface area (Å²) in [4.78, 5) is 14.4. The molecule has 0 atom stereocenters. The van der Waals surface area contributed by atoms with Crippen LogP contribution in [-0.4, -0.2) is 10.9 Å². The van der Waals surface area contributed by atoms with Gasteiger partial charge in [0.2, 0.25) is 5.69 Å². The normalized spacial score (nSPS) is 12.1. The summed E-state index contributed by atoms with van der Waals surface area (Å²) in [5.41, 5.74) is 0.599. The Bertz CT molecular complexity index is 535. The molecule has 1 aromatic rings. The van der Waals surface area contributed by atoms with Crippen molar-refractivity contribution in [1.82, 2.24) is 0 Å². The fourth-order valence-electron chi connectivity index (χ4n) is 1.14. The van der Waals surface area contributed by atoms with Gasteiger partial charge in [0.05, 0.1) is 12.3 Å². The Hall–Kier alpha value is -2.48. The molecule has 0 bridgehead atoms. The Morgan fingerprint density at radius 3 is 2.53 bits per heavy atom. The molecular formula is C12H11N3O2. The summed E-state index contributed by atoms with van der Waals surface area (Å²) in [6.45, 7) is 9.58. The van der Waals surface area contributed by atoms with E-state index < -0.39 is 0 Å². The van der Waals surface area contributed by atoms with Crippen molar-refractivity contribution in [3.8, 4) is 0 Å². The van der Waals surface area contributed by atoms with E-state index >= 15 is 0 Å². The summed E-state index contributed by atoms with van der Waals surface area (Å²) in [5.74, 6) is -0.574. The molecule has 86 valence electrons. The van der Waals surface area contributed by atoms with Crippen LogP contribution in [-0.2, 0) is 4.79 Å². The van der Waals surface area contributed by atoms with Crippen LogP contribution in [0.3, 0.4) is 0 Å². The largest absolute Gasteiger partial charge is 0.510 e. The van der Waals surface area contributed by atoms with E-state index in [0.29, 0.717) is 11.4 Å². The molecule has 0 unspecified atom stereocenters. The Morgan fingerprint density at radius 2 is 2.00 bits per heavy atom. The number of azo groups is 1. The first kappa shape index (κ1) is 12.6. The minimum Gasteiger partial charge on any atom is -0.510 e. The second-order valence-corrected chi connectivity index (χ2v) is 3.29. The summed E-state index contributed by atoms with van der Waals surface area (Å²) in [6.07, 6.45) is 0. The van der Waals surface area contributed by atoms with E-state index in [-0.39, 0.29) is 17.2 Å². The third-order valence-electron chi connectivity index (χ3n) is 1.94. The molecule has 17 heavy (non-hydrogen) atoms. The van der Waals surface area contributed by atoms with Crippen LogP contribution in [0, 0.1) is 6.57 Å². The number of rotatable bonds is 3. The average Bonchev–Trinajstić information content (AvgIpc) is 2.29. The van der Waals surface area contributed by atoms with E-state index in [9.17, 15) is 9.90 Å². The lowest BCUT2D eigenvalue weighted by Gasteiger charge is -1.98. The number of carbonyl (C=O) groups is 1. The average molecular weight is 229 g/mol. The van der Waals surface area contributed by atoms with E-state index in [1.807, 2.05) is 0 Å². The summed E-state index contributed by atoms with van der Waals surface area (Å²) in [5, 5.41) is 16.7. The first-order chi connectivity index (χ1) is 8.06. The van der Waals surface area contributed by atoms with Crippen LogP contribution in [0.5, 0.6) is 0 Å². The summed E-state index contributed by atoms with van der Waals surface area (Å²) < 4.78 is 0. The highest BCUT2D eigenvalue weighted by Gasteiger charge is 2.07. The van der Waals surface area contributed by atoms with E-state index in [4.69, 9.17) is 6.57 Å². The van der Waals surface area contributed by atoms with E-state index in [0.717, 1.165) is 0 Å². The highest BCUT2D eigenvalue weighted by molar-refractivity contribution is 5.93. The number of aliphatic hydroxyl groups is 1. The molecule has 1 aromatic carbocycles. The van der Waals surface area contributed by atoms with Crippen LogP contribution in [0.4, 0.5) is 11.4 Å². The fraction of sp³-hybridized carbons (Fsp3) is 0.167. The second-order valence-electron chi connectivity index (χ2n) is 3.29. The summed E-state index contributed by atoms with van der Waals surface area (Å²) in [7, 11) is 0. The fourth-order valence-corrected chi connectivity index (χ4v) is 1.14. The smallest absolute Gasteiger partial charge is 0.214 e. The zero-order valence-electron chi connectivity index (χ0n) is 9.51. The molecule has 0 aliphatic heterocycles. The summed E-state index contributed by atoms with van der Waals surface area (Å²) in [6, 6.07) is 6.64. The molecule has 0 fully saturated rings. The zero-order valence-corrected chi connectivity index (χ0v) is 9.51. The van der Waals surface area contributed by atoms with Crippen molar-refractivity contribution in [2.45, 2.75) is 13.8 Å². The number of aliphatic hydroxyl groups excluding tert-OH is 1. The van der Waals surface area contributed by atoms with Gasteiger partial charge in [-0.05, 0) is 13.0 Å². The molecule has 5 nitrogen and oxygen atoms in total. The van der Waals surface area contributed by atoms with Crippen molar-refractivity contribution in [3.63, 3.8) is 0 Å². The van der Waals surface area contributed by atoms with Crippen LogP contribution in [0.1, 0.15) is 13.8 Å². The lowest BCUT2D eigenvalue weighted by molar-refractivity contribution is -0.113. The van der Waals surface area contributed by atoms with Gasteiger partial charge in [0.15, 0.2) is 11.5 Å². The third-order valence-corrected chi connectivity index (χ3v) is 1.94. The van der Waals surface area contributed by atoms with Crippen molar-refractivity contribution in [1.29, 1.82) is 0 Å². The van der Waals surface area contributed by atoms with E-state index in [1.54, 1.807) is 24.3 Å². The van der Waals surface area contributed by atoms with Gasteiger partial charge in [-0.2, -0.15) is 5.11 Å². The van der Waals surface area contributed by atoms with Gasteiger partial charge >= 0.3 is 0 Å². The van der Waals surface area contributed by atoms with Crippen molar-refractivity contribution in [3.05, 3.63) is 47.1 Å².